The number of aromatic nitrogens is 2. The summed E-state index contributed by atoms with van der Waals surface area (Å²) >= 11 is 3.42. The fraction of sp³-hybridized carbons (Fsp3) is 0.667. The monoisotopic (exact) mass is 245 g/mol. The quantitative estimate of drug-likeness (QED) is 0.736. The zero-order chi connectivity index (χ0) is 9.68. The molecule has 0 amide bonds. The van der Waals surface area contributed by atoms with Crippen LogP contribution in [0.2, 0.25) is 0 Å². The van der Waals surface area contributed by atoms with E-state index < -0.39 is 0 Å². The number of halogens is 1. The molecule has 0 aliphatic rings. The van der Waals surface area contributed by atoms with Crippen LogP contribution in [-0.4, -0.2) is 33.4 Å². The summed E-state index contributed by atoms with van der Waals surface area (Å²) < 4.78 is 2.06. The normalized spacial score (nSPS) is 11.1. The Morgan fingerprint density at radius 1 is 1.62 bits per heavy atom. The van der Waals surface area contributed by atoms with Crippen LogP contribution < -0.4 is 0 Å². The molecule has 1 heterocycles. The minimum atomic E-state index is 0.927. The lowest BCUT2D eigenvalue weighted by atomic mass is 10.4. The zero-order valence-electron chi connectivity index (χ0n) is 8.20. The van der Waals surface area contributed by atoms with Crippen molar-refractivity contribution < 1.29 is 0 Å². The highest BCUT2D eigenvalue weighted by Crippen LogP contribution is 2.00. The van der Waals surface area contributed by atoms with Crippen molar-refractivity contribution in [3.8, 4) is 0 Å². The number of imidazole rings is 1. The average molecular weight is 246 g/mol. The highest BCUT2D eigenvalue weighted by atomic mass is 79.9. The van der Waals surface area contributed by atoms with Gasteiger partial charge in [0.05, 0.1) is 6.54 Å². The SMILES string of the molecule is CN(CCCBr)Cc1nccn1C. The third kappa shape index (κ3) is 3.48. The summed E-state index contributed by atoms with van der Waals surface area (Å²) in [6.07, 6.45) is 5.00. The molecule has 0 aliphatic heterocycles. The van der Waals surface area contributed by atoms with Gasteiger partial charge in [-0.25, -0.2) is 4.98 Å². The highest BCUT2D eigenvalue weighted by molar-refractivity contribution is 9.09. The Bertz CT molecular complexity index is 247. The van der Waals surface area contributed by atoms with Crippen molar-refractivity contribution in [2.24, 2.45) is 7.05 Å². The van der Waals surface area contributed by atoms with Crippen molar-refractivity contribution in [2.75, 3.05) is 18.9 Å². The topological polar surface area (TPSA) is 21.1 Å². The number of hydrogen-bond acceptors (Lipinski definition) is 2. The fourth-order valence-electron chi connectivity index (χ4n) is 1.20. The van der Waals surface area contributed by atoms with E-state index >= 15 is 0 Å². The van der Waals surface area contributed by atoms with Crippen molar-refractivity contribution in [1.82, 2.24) is 14.5 Å². The van der Waals surface area contributed by atoms with E-state index in [1.165, 1.54) is 6.42 Å². The molecule has 4 heteroatoms. The highest BCUT2D eigenvalue weighted by Gasteiger charge is 2.03. The Balaban J connectivity index is 2.36. The lowest BCUT2D eigenvalue weighted by Crippen LogP contribution is -2.21. The van der Waals surface area contributed by atoms with Crippen molar-refractivity contribution in [2.45, 2.75) is 13.0 Å². The summed E-state index contributed by atoms with van der Waals surface area (Å²) in [4.78, 5) is 6.55. The average Bonchev–Trinajstić information content (AvgIpc) is 2.48. The summed E-state index contributed by atoms with van der Waals surface area (Å²) in [5.41, 5.74) is 0. The molecular weight excluding hydrogens is 230 g/mol. The van der Waals surface area contributed by atoms with E-state index in [1.54, 1.807) is 0 Å². The van der Waals surface area contributed by atoms with Crippen LogP contribution in [0.1, 0.15) is 12.2 Å². The van der Waals surface area contributed by atoms with Gasteiger partial charge in [-0.1, -0.05) is 15.9 Å². The lowest BCUT2D eigenvalue weighted by molar-refractivity contribution is 0.317. The lowest BCUT2D eigenvalue weighted by Gasteiger charge is -2.15. The molecule has 1 rings (SSSR count). The van der Waals surface area contributed by atoms with Gasteiger partial charge < -0.3 is 4.57 Å². The summed E-state index contributed by atoms with van der Waals surface area (Å²) in [5.74, 6) is 1.12. The fourth-order valence-corrected chi connectivity index (χ4v) is 1.45. The van der Waals surface area contributed by atoms with Crippen LogP contribution in [-0.2, 0) is 13.6 Å². The van der Waals surface area contributed by atoms with Gasteiger partial charge in [-0.15, -0.1) is 0 Å². The van der Waals surface area contributed by atoms with Gasteiger partial charge in [0.1, 0.15) is 5.82 Å². The molecule has 0 fully saturated rings. The van der Waals surface area contributed by atoms with Crippen LogP contribution >= 0.6 is 15.9 Å². The molecule has 0 saturated heterocycles. The second-order valence-electron chi connectivity index (χ2n) is 3.23. The van der Waals surface area contributed by atoms with Gasteiger partial charge in [0.25, 0.3) is 0 Å². The summed E-state index contributed by atoms with van der Waals surface area (Å²) in [5, 5.41) is 1.07. The third-order valence-electron chi connectivity index (χ3n) is 2.01. The summed E-state index contributed by atoms with van der Waals surface area (Å²) in [6.45, 7) is 2.04. The van der Waals surface area contributed by atoms with Gasteiger partial charge in [-0.05, 0) is 20.0 Å². The molecule has 13 heavy (non-hydrogen) atoms. The van der Waals surface area contributed by atoms with E-state index in [0.717, 1.165) is 24.2 Å². The van der Waals surface area contributed by atoms with Crippen molar-refractivity contribution in [1.29, 1.82) is 0 Å². The minimum absolute atomic E-state index is 0.927. The molecule has 74 valence electrons. The van der Waals surface area contributed by atoms with Crippen LogP contribution in [0.3, 0.4) is 0 Å². The molecule has 0 N–H and O–H groups in total. The maximum atomic E-state index is 4.27. The zero-order valence-corrected chi connectivity index (χ0v) is 9.79. The Kier molecular flexibility index (Phi) is 4.45. The molecule has 0 spiro atoms. The van der Waals surface area contributed by atoms with Gasteiger partial charge in [0.15, 0.2) is 0 Å². The molecule has 0 radical (unpaired) electrons. The predicted molar refractivity (Wildman–Crippen MR) is 58.0 cm³/mol. The predicted octanol–water partition coefficient (Wildman–Crippen LogP) is 1.64. The van der Waals surface area contributed by atoms with Crippen molar-refractivity contribution in [3.05, 3.63) is 18.2 Å². The van der Waals surface area contributed by atoms with Gasteiger partial charge >= 0.3 is 0 Å². The first-order valence-electron chi connectivity index (χ1n) is 4.44. The van der Waals surface area contributed by atoms with E-state index in [1.807, 2.05) is 19.4 Å². The van der Waals surface area contributed by atoms with E-state index in [-0.39, 0.29) is 0 Å². The summed E-state index contributed by atoms with van der Waals surface area (Å²) in [7, 11) is 4.15. The molecule has 3 nitrogen and oxygen atoms in total. The van der Waals surface area contributed by atoms with Crippen molar-refractivity contribution in [3.63, 3.8) is 0 Å². The second kappa shape index (κ2) is 5.40. The van der Waals surface area contributed by atoms with Gasteiger partial charge in [-0.2, -0.15) is 0 Å². The molecule has 0 atom stereocenters. The first-order valence-corrected chi connectivity index (χ1v) is 5.57. The van der Waals surface area contributed by atoms with E-state index in [4.69, 9.17) is 0 Å². The van der Waals surface area contributed by atoms with Crippen LogP contribution in [0.25, 0.3) is 0 Å². The number of aryl methyl sites for hydroxylation is 1. The minimum Gasteiger partial charge on any atom is -0.337 e. The van der Waals surface area contributed by atoms with Gasteiger partial charge in [0, 0.05) is 24.8 Å². The smallest absolute Gasteiger partial charge is 0.122 e. The third-order valence-corrected chi connectivity index (χ3v) is 2.57. The van der Waals surface area contributed by atoms with Gasteiger partial charge in [0.2, 0.25) is 0 Å². The van der Waals surface area contributed by atoms with E-state index in [2.05, 4.69) is 37.4 Å². The maximum absolute atomic E-state index is 4.27. The number of hydrogen-bond donors (Lipinski definition) is 0. The number of alkyl halides is 1. The molecule has 0 unspecified atom stereocenters. The van der Waals surface area contributed by atoms with Crippen LogP contribution in [0, 0.1) is 0 Å². The maximum Gasteiger partial charge on any atom is 0.122 e. The first-order chi connectivity index (χ1) is 6.24. The molecule has 1 aromatic rings. The van der Waals surface area contributed by atoms with Gasteiger partial charge in [-0.3, -0.25) is 4.90 Å². The van der Waals surface area contributed by atoms with Crippen molar-refractivity contribution >= 4 is 15.9 Å². The molecule has 0 aromatic carbocycles. The van der Waals surface area contributed by atoms with E-state index in [9.17, 15) is 0 Å². The molecule has 0 bridgehead atoms. The van der Waals surface area contributed by atoms with E-state index in [0.29, 0.717) is 0 Å². The van der Waals surface area contributed by atoms with Crippen LogP contribution in [0.15, 0.2) is 12.4 Å². The second-order valence-corrected chi connectivity index (χ2v) is 4.03. The Morgan fingerprint density at radius 2 is 2.38 bits per heavy atom. The van der Waals surface area contributed by atoms with Crippen LogP contribution in [0.4, 0.5) is 0 Å². The molecule has 0 aliphatic carbocycles. The Morgan fingerprint density at radius 3 is 2.92 bits per heavy atom. The number of nitrogens with zero attached hydrogens (tertiary/aromatic N) is 3. The van der Waals surface area contributed by atoms with Crippen LogP contribution in [0.5, 0.6) is 0 Å². The Hall–Kier alpha value is -0.350. The largest absolute Gasteiger partial charge is 0.337 e. The molecule has 1 aromatic heterocycles. The molecular formula is C9H16BrN3. The molecule has 0 saturated carbocycles. The first kappa shape index (κ1) is 10.7. The number of rotatable bonds is 5. The summed E-state index contributed by atoms with van der Waals surface area (Å²) in [6, 6.07) is 0. The Labute approximate surface area is 87.9 Å². The standard InChI is InChI=1S/C9H16BrN3/c1-12(6-3-4-10)8-9-11-5-7-13(9)2/h5,7H,3-4,6,8H2,1-2H3.